The molecule has 1 aromatic rings. The highest BCUT2D eigenvalue weighted by Crippen LogP contribution is 2.17. The molecule has 2 heterocycles. The number of carbonyl (C=O) groups is 2. The number of esters is 1. The van der Waals surface area contributed by atoms with E-state index < -0.39 is 33.9 Å². The standard InChI is InChI=1S/C19H25NO7S/c1-13(18(21)20-15-8-10-28(23,24)12-15)27-19(22)14-4-6-16(7-5-14)26-11-17-3-2-9-25-17/h4-7,13,15,17H,2-3,8-12H2,1H3,(H,20,21)/t13-,15-,17-/m0/s1. The van der Waals surface area contributed by atoms with Gasteiger partial charge in [0.1, 0.15) is 12.4 Å². The minimum Gasteiger partial charge on any atom is -0.491 e. The van der Waals surface area contributed by atoms with Crippen molar-refractivity contribution in [2.75, 3.05) is 24.7 Å². The third-order valence-corrected chi connectivity index (χ3v) is 6.55. The van der Waals surface area contributed by atoms with E-state index in [1.807, 2.05) is 0 Å². The molecule has 2 aliphatic rings. The van der Waals surface area contributed by atoms with E-state index in [1.165, 1.54) is 6.92 Å². The quantitative estimate of drug-likeness (QED) is 0.669. The number of sulfone groups is 1. The molecule has 154 valence electrons. The van der Waals surface area contributed by atoms with Crippen LogP contribution in [-0.4, -0.2) is 63.3 Å². The summed E-state index contributed by atoms with van der Waals surface area (Å²) >= 11 is 0. The molecule has 1 aromatic carbocycles. The average molecular weight is 411 g/mol. The lowest BCUT2D eigenvalue weighted by Crippen LogP contribution is -2.42. The first-order chi connectivity index (χ1) is 13.3. The fourth-order valence-electron chi connectivity index (χ4n) is 3.16. The zero-order chi connectivity index (χ0) is 20.1. The number of carbonyl (C=O) groups excluding carboxylic acids is 2. The van der Waals surface area contributed by atoms with Gasteiger partial charge in [0.05, 0.1) is 23.2 Å². The summed E-state index contributed by atoms with van der Waals surface area (Å²) < 4.78 is 39.2. The number of nitrogens with one attached hydrogen (secondary N) is 1. The van der Waals surface area contributed by atoms with Gasteiger partial charge in [-0.1, -0.05) is 0 Å². The predicted octanol–water partition coefficient (Wildman–Crippen LogP) is 1.09. The second-order valence-corrected chi connectivity index (χ2v) is 9.36. The summed E-state index contributed by atoms with van der Waals surface area (Å²) in [5.41, 5.74) is 0.299. The van der Waals surface area contributed by atoms with Gasteiger partial charge in [0.25, 0.3) is 5.91 Å². The molecule has 1 N–H and O–H groups in total. The number of ether oxygens (including phenoxy) is 3. The van der Waals surface area contributed by atoms with Gasteiger partial charge in [0.15, 0.2) is 15.9 Å². The highest BCUT2D eigenvalue weighted by atomic mass is 32.2. The molecule has 0 spiro atoms. The highest BCUT2D eigenvalue weighted by molar-refractivity contribution is 7.91. The van der Waals surface area contributed by atoms with Crippen molar-refractivity contribution in [2.45, 2.75) is 44.4 Å². The van der Waals surface area contributed by atoms with Gasteiger partial charge in [-0.2, -0.15) is 0 Å². The Balaban J connectivity index is 1.45. The van der Waals surface area contributed by atoms with Crippen LogP contribution in [0.15, 0.2) is 24.3 Å². The molecule has 3 rings (SSSR count). The Morgan fingerprint density at radius 3 is 2.61 bits per heavy atom. The number of benzene rings is 1. The van der Waals surface area contributed by atoms with Crippen LogP contribution in [0.2, 0.25) is 0 Å². The molecule has 0 saturated carbocycles. The summed E-state index contributed by atoms with van der Waals surface area (Å²) in [5, 5.41) is 2.62. The maximum Gasteiger partial charge on any atom is 0.338 e. The molecule has 9 heteroatoms. The van der Waals surface area contributed by atoms with Crippen molar-refractivity contribution >= 4 is 21.7 Å². The molecule has 1 amide bonds. The monoisotopic (exact) mass is 411 g/mol. The molecule has 0 unspecified atom stereocenters. The molecular weight excluding hydrogens is 386 g/mol. The van der Waals surface area contributed by atoms with Crippen molar-refractivity contribution in [3.8, 4) is 5.75 Å². The SMILES string of the molecule is C[C@H](OC(=O)c1ccc(OC[C@@H]2CCCO2)cc1)C(=O)N[C@H]1CCS(=O)(=O)C1. The molecule has 0 aliphatic carbocycles. The first-order valence-corrected chi connectivity index (χ1v) is 11.2. The van der Waals surface area contributed by atoms with Crippen molar-refractivity contribution in [1.29, 1.82) is 0 Å². The Hall–Kier alpha value is -2.13. The number of hydrogen-bond donors (Lipinski definition) is 1. The third-order valence-electron chi connectivity index (χ3n) is 4.78. The van der Waals surface area contributed by atoms with Crippen LogP contribution < -0.4 is 10.1 Å². The number of amides is 1. The molecule has 2 aliphatic heterocycles. The van der Waals surface area contributed by atoms with E-state index in [0.29, 0.717) is 24.3 Å². The van der Waals surface area contributed by atoms with Gasteiger partial charge < -0.3 is 19.5 Å². The van der Waals surface area contributed by atoms with Crippen LogP contribution in [0, 0.1) is 0 Å². The largest absolute Gasteiger partial charge is 0.491 e. The smallest absolute Gasteiger partial charge is 0.338 e. The Bertz CT molecular complexity index is 800. The lowest BCUT2D eigenvalue weighted by Gasteiger charge is -2.16. The van der Waals surface area contributed by atoms with Crippen LogP contribution in [0.3, 0.4) is 0 Å². The fraction of sp³-hybridized carbons (Fsp3) is 0.579. The van der Waals surface area contributed by atoms with Gasteiger partial charge in [-0.3, -0.25) is 4.79 Å². The van der Waals surface area contributed by atoms with Crippen molar-refractivity contribution in [3.05, 3.63) is 29.8 Å². The molecule has 2 fully saturated rings. The summed E-state index contributed by atoms with van der Waals surface area (Å²) in [4.78, 5) is 24.3. The predicted molar refractivity (Wildman–Crippen MR) is 101 cm³/mol. The summed E-state index contributed by atoms with van der Waals surface area (Å²) in [6.45, 7) is 2.69. The molecular formula is C19H25NO7S. The minimum absolute atomic E-state index is 0.0629. The molecule has 8 nitrogen and oxygen atoms in total. The third kappa shape index (κ3) is 5.68. The van der Waals surface area contributed by atoms with E-state index in [2.05, 4.69) is 5.32 Å². The van der Waals surface area contributed by atoms with Crippen molar-refractivity contribution in [2.24, 2.45) is 0 Å². The summed E-state index contributed by atoms with van der Waals surface area (Å²) in [5.74, 6) is -0.528. The average Bonchev–Trinajstić information content (AvgIpc) is 3.29. The highest BCUT2D eigenvalue weighted by Gasteiger charge is 2.30. The van der Waals surface area contributed by atoms with Crippen LogP contribution in [0.5, 0.6) is 5.75 Å². The molecule has 28 heavy (non-hydrogen) atoms. The van der Waals surface area contributed by atoms with Crippen molar-refractivity contribution < 1.29 is 32.2 Å². The molecule has 3 atom stereocenters. The zero-order valence-corrected chi connectivity index (χ0v) is 16.6. The molecule has 0 radical (unpaired) electrons. The van der Waals surface area contributed by atoms with Gasteiger partial charge >= 0.3 is 5.97 Å². The van der Waals surface area contributed by atoms with Crippen LogP contribution in [-0.2, 0) is 24.1 Å². The maximum atomic E-state index is 12.2. The van der Waals surface area contributed by atoms with Gasteiger partial charge in [-0.15, -0.1) is 0 Å². The second kappa shape index (κ2) is 8.91. The number of rotatable bonds is 7. The molecule has 2 saturated heterocycles. The van der Waals surface area contributed by atoms with Crippen LogP contribution >= 0.6 is 0 Å². The fourth-order valence-corrected chi connectivity index (χ4v) is 4.84. The van der Waals surface area contributed by atoms with Crippen molar-refractivity contribution in [1.82, 2.24) is 5.32 Å². The minimum atomic E-state index is -3.09. The van der Waals surface area contributed by atoms with Crippen LogP contribution in [0.25, 0.3) is 0 Å². The van der Waals surface area contributed by atoms with Crippen molar-refractivity contribution in [3.63, 3.8) is 0 Å². The topological polar surface area (TPSA) is 108 Å². The Kier molecular flexibility index (Phi) is 6.56. The summed E-state index contributed by atoms with van der Waals surface area (Å²) in [7, 11) is -3.09. The van der Waals surface area contributed by atoms with Crippen LogP contribution in [0.1, 0.15) is 36.5 Å². The van der Waals surface area contributed by atoms with Gasteiger partial charge in [-0.25, -0.2) is 13.2 Å². The number of hydrogen-bond acceptors (Lipinski definition) is 7. The van der Waals surface area contributed by atoms with E-state index in [1.54, 1.807) is 24.3 Å². The second-order valence-electron chi connectivity index (χ2n) is 7.13. The lowest BCUT2D eigenvalue weighted by molar-refractivity contribution is -0.129. The van der Waals surface area contributed by atoms with E-state index in [9.17, 15) is 18.0 Å². The van der Waals surface area contributed by atoms with E-state index >= 15 is 0 Å². The van der Waals surface area contributed by atoms with E-state index in [4.69, 9.17) is 14.2 Å². The van der Waals surface area contributed by atoms with Gasteiger partial charge in [0, 0.05) is 12.6 Å². The lowest BCUT2D eigenvalue weighted by atomic mass is 10.2. The normalized spacial score (nSPS) is 24.5. The molecule has 0 bridgehead atoms. The van der Waals surface area contributed by atoms with E-state index in [-0.39, 0.29) is 17.6 Å². The first kappa shape index (κ1) is 20.6. The summed E-state index contributed by atoms with van der Waals surface area (Å²) in [6.07, 6.45) is 1.49. The maximum absolute atomic E-state index is 12.2. The van der Waals surface area contributed by atoms with Gasteiger partial charge in [-0.05, 0) is 50.5 Å². The Morgan fingerprint density at radius 2 is 2.00 bits per heavy atom. The first-order valence-electron chi connectivity index (χ1n) is 9.38. The Labute approximate surface area is 164 Å². The molecule has 0 aromatic heterocycles. The Morgan fingerprint density at radius 1 is 1.25 bits per heavy atom. The van der Waals surface area contributed by atoms with Crippen LogP contribution in [0.4, 0.5) is 0 Å². The van der Waals surface area contributed by atoms with E-state index in [0.717, 1.165) is 19.4 Å². The van der Waals surface area contributed by atoms with Gasteiger partial charge in [0.2, 0.25) is 0 Å². The summed E-state index contributed by atoms with van der Waals surface area (Å²) in [6, 6.07) is 6.04. The zero-order valence-electron chi connectivity index (χ0n) is 15.8.